The van der Waals surface area contributed by atoms with E-state index in [1.807, 2.05) is 18.2 Å². The second-order valence-electron chi connectivity index (χ2n) is 14.5. The highest BCUT2D eigenvalue weighted by Crippen LogP contribution is 2.43. The van der Waals surface area contributed by atoms with Gasteiger partial charge >= 0.3 is 19.8 Å². The molecule has 0 saturated carbocycles. The van der Waals surface area contributed by atoms with Gasteiger partial charge < -0.3 is 29.7 Å². The van der Waals surface area contributed by atoms with E-state index >= 15 is 0 Å². The summed E-state index contributed by atoms with van der Waals surface area (Å²) in [5, 5.41) is 28.1. The van der Waals surface area contributed by atoms with Crippen LogP contribution in [0.2, 0.25) is 0 Å². The van der Waals surface area contributed by atoms with Crippen LogP contribution in [0.4, 0.5) is 0 Å². The first-order chi connectivity index (χ1) is 28.1. The van der Waals surface area contributed by atoms with E-state index in [4.69, 9.17) is 19.1 Å². The van der Waals surface area contributed by atoms with Crippen LogP contribution in [0.15, 0.2) is 72.9 Å². The first-order valence-corrected chi connectivity index (χ1v) is 23.5. The van der Waals surface area contributed by atoms with Gasteiger partial charge in [0.25, 0.3) is 0 Å². The minimum absolute atomic E-state index is 0.0883. The van der Waals surface area contributed by atoms with Gasteiger partial charge in [0.15, 0.2) is 6.10 Å². The number of carbonyl (C=O) groups excluding carboxylic acids is 2. The van der Waals surface area contributed by atoms with Crippen LogP contribution in [0.3, 0.4) is 0 Å². The van der Waals surface area contributed by atoms with Crippen LogP contribution in [0.5, 0.6) is 0 Å². The topological polar surface area (TPSA) is 169 Å². The molecule has 4 N–H and O–H groups in total. The number of phosphoric acid groups is 1. The predicted molar refractivity (Wildman–Crippen MR) is 234 cm³/mol. The SMILES string of the molecule is CCCCC/C=C\C/C=C\CCCCCCCCCC(=O)OC[C@H](COP(=O)(O)OC[C@@H](O)CO)OC(=O)CCC/C=C\C/C=C\C/C=C\C/C=C\CC(O)CCC. The van der Waals surface area contributed by atoms with Crippen LogP contribution >= 0.6 is 7.82 Å². The Morgan fingerprint density at radius 1 is 0.552 bits per heavy atom. The Balaban J connectivity index is 4.43. The number of hydrogen-bond donors (Lipinski definition) is 4. The van der Waals surface area contributed by atoms with E-state index in [2.05, 4.69) is 73.1 Å². The number of aliphatic hydroxyl groups is 3. The van der Waals surface area contributed by atoms with E-state index in [1.54, 1.807) is 0 Å². The first-order valence-electron chi connectivity index (χ1n) is 22.0. The molecule has 0 spiro atoms. The van der Waals surface area contributed by atoms with Crippen molar-refractivity contribution in [1.29, 1.82) is 0 Å². The Kier molecular flexibility index (Phi) is 39.3. The van der Waals surface area contributed by atoms with Gasteiger partial charge in [0, 0.05) is 12.8 Å². The number of esters is 2. The minimum Gasteiger partial charge on any atom is -0.462 e. The zero-order chi connectivity index (χ0) is 42.8. The van der Waals surface area contributed by atoms with Gasteiger partial charge in [-0.15, -0.1) is 0 Å². The molecule has 4 atom stereocenters. The standard InChI is InChI=1S/C46H79O11P/c1-3-5-6-7-8-9-10-11-12-13-14-17-20-23-26-29-32-36-45(50)54-40-44(41-56-58(52,53)55-39-43(49)38-47)57-46(51)37-33-30-27-24-21-18-15-16-19-22-25-28-31-35-42(48)34-4-2/h8-9,11-12,15,18-19,22,24,27-28,31,42-44,47-49H,3-7,10,13-14,16-17,20-21,23,25-26,29-30,32-41H2,1-2H3,(H,52,53)/b9-8-,12-11-,18-15-,22-19-,27-24-,31-28-/t42?,43-,44+/m0/s1. The van der Waals surface area contributed by atoms with Crippen LogP contribution in [0.1, 0.15) is 162 Å². The molecular weight excluding hydrogens is 759 g/mol. The first kappa shape index (κ1) is 55.4. The molecular formula is C46H79O11P. The highest BCUT2D eigenvalue weighted by Gasteiger charge is 2.27. The van der Waals surface area contributed by atoms with Gasteiger partial charge in [-0.25, -0.2) is 4.57 Å². The van der Waals surface area contributed by atoms with Gasteiger partial charge in [-0.2, -0.15) is 0 Å². The van der Waals surface area contributed by atoms with E-state index in [0.29, 0.717) is 25.7 Å². The summed E-state index contributed by atoms with van der Waals surface area (Å²) in [5.41, 5.74) is 0. The van der Waals surface area contributed by atoms with Crippen molar-refractivity contribution in [2.24, 2.45) is 0 Å². The lowest BCUT2D eigenvalue weighted by molar-refractivity contribution is -0.161. The van der Waals surface area contributed by atoms with Crippen molar-refractivity contribution in [1.82, 2.24) is 0 Å². The maximum absolute atomic E-state index is 12.6. The fourth-order valence-electron chi connectivity index (χ4n) is 5.50. The number of carbonyl (C=O) groups is 2. The second kappa shape index (κ2) is 41.1. The normalized spacial score (nSPS) is 15.1. The molecule has 0 aromatic carbocycles. The molecule has 0 bridgehead atoms. The largest absolute Gasteiger partial charge is 0.472 e. The molecule has 0 saturated heterocycles. The highest BCUT2D eigenvalue weighted by atomic mass is 31.2. The zero-order valence-corrected chi connectivity index (χ0v) is 36.7. The summed E-state index contributed by atoms with van der Waals surface area (Å²) in [7, 11) is -4.65. The third kappa shape index (κ3) is 40.2. The molecule has 0 aromatic heterocycles. The molecule has 0 fully saturated rings. The Hall–Kier alpha value is -2.63. The summed E-state index contributed by atoms with van der Waals surface area (Å²) in [4.78, 5) is 35.0. The van der Waals surface area contributed by atoms with E-state index < -0.39 is 51.8 Å². The fourth-order valence-corrected chi connectivity index (χ4v) is 6.29. The van der Waals surface area contributed by atoms with Crippen LogP contribution in [-0.4, -0.2) is 76.9 Å². The van der Waals surface area contributed by atoms with E-state index in [0.717, 1.165) is 64.2 Å². The molecule has 0 aliphatic carbocycles. The van der Waals surface area contributed by atoms with Gasteiger partial charge in [-0.1, -0.05) is 138 Å². The predicted octanol–water partition coefficient (Wildman–Crippen LogP) is 10.6. The van der Waals surface area contributed by atoms with Gasteiger partial charge in [0.2, 0.25) is 0 Å². The molecule has 58 heavy (non-hydrogen) atoms. The Bertz CT molecular complexity index is 1210. The maximum atomic E-state index is 12.6. The third-order valence-electron chi connectivity index (χ3n) is 8.89. The van der Waals surface area contributed by atoms with Crippen LogP contribution in [0.25, 0.3) is 0 Å². The number of aliphatic hydroxyl groups excluding tert-OH is 3. The molecule has 0 radical (unpaired) electrons. The summed E-state index contributed by atoms with van der Waals surface area (Å²) in [6.45, 7) is 2.06. The smallest absolute Gasteiger partial charge is 0.462 e. The van der Waals surface area contributed by atoms with Crippen molar-refractivity contribution in [2.45, 2.75) is 180 Å². The molecule has 0 rings (SSSR count). The third-order valence-corrected chi connectivity index (χ3v) is 9.84. The molecule has 0 aliphatic rings. The van der Waals surface area contributed by atoms with E-state index in [-0.39, 0.29) is 25.6 Å². The lowest BCUT2D eigenvalue weighted by atomic mass is 10.1. The summed E-state index contributed by atoms with van der Waals surface area (Å²) in [5.74, 6) is -1.03. The maximum Gasteiger partial charge on any atom is 0.472 e. The summed E-state index contributed by atoms with van der Waals surface area (Å²) < 4.78 is 32.6. The average molecular weight is 839 g/mol. The molecule has 0 amide bonds. The van der Waals surface area contributed by atoms with Crippen molar-refractivity contribution < 1.29 is 52.9 Å². The molecule has 334 valence electrons. The zero-order valence-electron chi connectivity index (χ0n) is 35.8. The Labute approximate surface area is 351 Å². The molecule has 0 aromatic rings. The van der Waals surface area contributed by atoms with Crippen molar-refractivity contribution >= 4 is 19.8 Å². The lowest BCUT2D eigenvalue weighted by Crippen LogP contribution is -2.29. The quantitative estimate of drug-likeness (QED) is 0.0200. The monoisotopic (exact) mass is 839 g/mol. The highest BCUT2D eigenvalue weighted by molar-refractivity contribution is 7.47. The Morgan fingerprint density at radius 3 is 1.60 bits per heavy atom. The van der Waals surface area contributed by atoms with Crippen molar-refractivity contribution in [3.63, 3.8) is 0 Å². The molecule has 12 heteroatoms. The average Bonchev–Trinajstić information content (AvgIpc) is 3.20. The summed E-state index contributed by atoms with van der Waals surface area (Å²) in [6.07, 6.45) is 43.6. The molecule has 11 nitrogen and oxygen atoms in total. The van der Waals surface area contributed by atoms with E-state index in [1.165, 1.54) is 44.9 Å². The second-order valence-corrected chi connectivity index (χ2v) is 16.0. The molecule has 0 aliphatic heterocycles. The number of phosphoric ester groups is 1. The van der Waals surface area contributed by atoms with Gasteiger partial charge in [0.1, 0.15) is 12.7 Å². The Morgan fingerprint density at radius 2 is 1.03 bits per heavy atom. The van der Waals surface area contributed by atoms with Gasteiger partial charge in [-0.05, 0) is 83.5 Å². The van der Waals surface area contributed by atoms with Crippen molar-refractivity contribution in [3.8, 4) is 0 Å². The van der Waals surface area contributed by atoms with Crippen molar-refractivity contribution in [2.75, 3.05) is 26.4 Å². The molecule has 0 heterocycles. The number of ether oxygens (including phenoxy) is 2. The molecule has 2 unspecified atom stereocenters. The fraction of sp³-hybridized carbons (Fsp3) is 0.696. The number of unbranched alkanes of at least 4 members (excludes halogenated alkanes) is 11. The number of hydrogen-bond acceptors (Lipinski definition) is 10. The minimum atomic E-state index is -4.65. The van der Waals surface area contributed by atoms with Gasteiger partial charge in [0.05, 0.1) is 25.9 Å². The van der Waals surface area contributed by atoms with Crippen molar-refractivity contribution in [3.05, 3.63) is 72.9 Å². The van der Waals surface area contributed by atoms with E-state index in [9.17, 15) is 29.3 Å². The van der Waals surface area contributed by atoms with Crippen LogP contribution in [0, 0.1) is 0 Å². The summed E-state index contributed by atoms with van der Waals surface area (Å²) >= 11 is 0. The number of rotatable bonds is 40. The van der Waals surface area contributed by atoms with Gasteiger partial charge in [-0.3, -0.25) is 18.6 Å². The number of allylic oxidation sites excluding steroid dienone is 11. The van der Waals surface area contributed by atoms with Crippen LogP contribution < -0.4 is 0 Å². The van der Waals surface area contributed by atoms with Crippen LogP contribution in [-0.2, 0) is 32.7 Å². The lowest BCUT2D eigenvalue weighted by Gasteiger charge is -2.20. The summed E-state index contributed by atoms with van der Waals surface area (Å²) in [6, 6.07) is 0.